The molecule has 0 bridgehead atoms. The lowest BCUT2D eigenvalue weighted by Crippen LogP contribution is -2.39. The number of hydrogen-bond acceptors (Lipinski definition) is 1. The fourth-order valence-electron chi connectivity index (χ4n) is 3.60. The molecule has 2 aromatic rings. The molecule has 0 aliphatic heterocycles. The van der Waals surface area contributed by atoms with Gasteiger partial charge in [-0.3, -0.25) is 0 Å². The van der Waals surface area contributed by atoms with Crippen LogP contribution in [0.15, 0.2) is 42.5 Å². The third-order valence-corrected chi connectivity index (χ3v) is 4.76. The Kier molecular flexibility index (Phi) is 4.03. The van der Waals surface area contributed by atoms with Crippen LogP contribution < -0.4 is 5.32 Å². The number of hydrogen-bond donors (Lipinski definition) is 1. The Hall–Kier alpha value is -1.34. The molecule has 1 fully saturated rings. The smallest absolute Gasteiger partial charge is 0.00966 e. The van der Waals surface area contributed by atoms with Gasteiger partial charge in [0.15, 0.2) is 0 Å². The molecule has 2 unspecified atom stereocenters. The van der Waals surface area contributed by atoms with Crippen LogP contribution in [0.4, 0.5) is 0 Å². The predicted octanol–water partition coefficient (Wildman–Crippen LogP) is 5.11. The second kappa shape index (κ2) is 5.81. The molecule has 2 aromatic carbocycles. The minimum Gasteiger partial charge on any atom is -0.312 e. The Morgan fingerprint density at radius 2 is 1.76 bits per heavy atom. The van der Waals surface area contributed by atoms with Crippen molar-refractivity contribution in [1.29, 1.82) is 0 Å². The minimum atomic E-state index is 0.219. The summed E-state index contributed by atoms with van der Waals surface area (Å²) in [4.78, 5) is 0. The van der Waals surface area contributed by atoms with Gasteiger partial charge < -0.3 is 5.32 Å². The van der Waals surface area contributed by atoms with Crippen molar-refractivity contribution in [2.45, 2.75) is 51.5 Å². The van der Waals surface area contributed by atoms with E-state index in [0.29, 0.717) is 0 Å². The highest BCUT2D eigenvalue weighted by Crippen LogP contribution is 2.40. The number of nitrogens with one attached hydrogen (secondary N) is 1. The summed E-state index contributed by atoms with van der Waals surface area (Å²) in [7, 11) is 0. The van der Waals surface area contributed by atoms with Crippen molar-refractivity contribution in [3.63, 3.8) is 0 Å². The number of fused-ring (bicyclic) bond motifs is 1. The van der Waals surface area contributed by atoms with Crippen LogP contribution in [-0.4, -0.2) is 12.1 Å². The fraction of sp³-hybridized carbons (Fsp3) is 0.500. The molecule has 1 aliphatic carbocycles. The Morgan fingerprint density at radius 1 is 1.00 bits per heavy atom. The van der Waals surface area contributed by atoms with Gasteiger partial charge in [0, 0.05) is 5.54 Å². The van der Waals surface area contributed by atoms with E-state index < -0.39 is 0 Å². The monoisotopic (exact) mass is 281 g/mol. The molecule has 0 heterocycles. The summed E-state index contributed by atoms with van der Waals surface area (Å²) >= 11 is 0. The Morgan fingerprint density at radius 3 is 2.52 bits per heavy atom. The molecule has 21 heavy (non-hydrogen) atoms. The maximum Gasteiger partial charge on any atom is 0.00966 e. The number of benzene rings is 2. The molecule has 1 saturated carbocycles. The molecule has 0 saturated heterocycles. The van der Waals surface area contributed by atoms with E-state index in [9.17, 15) is 0 Å². The van der Waals surface area contributed by atoms with Gasteiger partial charge in [0.25, 0.3) is 0 Å². The van der Waals surface area contributed by atoms with E-state index in [-0.39, 0.29) is 5.54 Å². The molecule has 0 amide bonds. The number of rotatable bonds is 3. The van der Waals surface area contributed by atoms with Gasteiger partial charge in [-0.2, -0.15) is 0 Å². The zero-order chi connectivity index (χ0) is 14.9. The second-order valence-corrected chi connectivity index (χ2v) is 7.53. The molecular formula is C20H27N. The van der Waals surface area contributed by atoms with E-state index in [1.54, 1.807) is 0 Å². The first-order valence-electron chi connectivity index (χ1n) is 8.27. The predicted molar refractivity (Wildman–Crippen MR) is 91.8 cm³/mol. The second-order valence-electron chi connectivity index (χ2n) is 7.53. The zero-order valence-corrected chi connectivity index (χ0v) is 13.5. The molecule has 3 rings (SSSR count). The molecule has 0 aromatic heterocycles. The maximum absolute atomic E-state index is 3.70. The standard InChI is InChI=1S/C20H27N/c1-20(2,3)21-14-18-9-6-10-19(18)17-12-11-15-7-4-5-8-16(15)13-17/h4-5,7-8,11-13,18-19,21H,6,9-10,14H2,1-3H3. The summed E-state index contributed by atoms with van der Waals surface area (Å²) < 4.78 is 0. The summed E-state index contributed by atoms with van der Waals surface area (Å²) in [6, 6.07) is 15.7. The average molecular weight is 281 g/mol. The molecule has 1 heteroatoms. The van der Waals surface area contributed by atoms with Crippen molar-refractivity contribution in [1.82, 2.24) is 5.32 Å². The highest BCUT2D eigenvalue weighted by Gasteiger charge is 2.29. The van der Waals surface area contributed by atoms with E-state index in [4.69, 9.17) is 0 Å². The van der Waals surface area contributed by atoms with Crippen LogP contribution in [0.3, 0.4) is 0 Å². The molecule has 0 radical (unpaired) electrons. The summed E-state index contributed by atoms with van der Waals surface area (Å²) in [6.45, 7) is 7.91. The molecular weight excluding hydrogens is 254 g/mol. The van der Waals surface area contributed by atoms with Gasteiger partial charge in [-0.05, 0) is 68.3 Å². The SMILES string of the molecule is CC(C)(C)NCC1CCCC1c1ccc2ccccc2c1. The Bertz CT molecular complexity index is 609. The molecule has 0 spiro atoms. The maximum atomic E-state index is 3.70. The molecule has 112 valence electrons. The lowest BCUT2D eigenvalue weighted by molar-refractivity contribution is 0.356. The summed E-state index contributed by atoms with van der Waals surface area (Å²) in [5, 5.41) is 6.43. The topological polar surface area (TPSA) is 12.0 Å². The van der Waals surface area contributed by atoms with Crippen molar-refractivity contribution in [3.8, 4) is 0 Å². The highest BCUT2D eigenvalue weighted by molar-refractivity contribution is 5.83. The van der Waals surface area contributed by atoms with Crippen LogP contribution in [-0.2, 0) is 0 Å². The zero-order valence-electron chi connectivity index (χ0n) is 13.5. The van der Waals surface area contributed by atoms with Gasteiger partial charge in [0.1, 0.15) is 0 Å². The fourth-order valence-corrected chi connectivity index (χ4v) is 3.60. The molecule has 1 aliphatic rings. The van der Waals surface area contributed by atoms with Crippen LogP contribution >= 0.6 is 0 Å². The first-order valence-corrected chi connectivity index (χ1v) is 8.27. The van der Waals surface area contributed by atoms with Crippen molar-refractivity contribution < 1.29 is 0 Å². The first kappa shape index (κ1) is 14.6. The van der Waals surface area contributed by atoms with Crippen molar-refractivity contribution >= 4 is 10.8 Å². The van der Waals surface area contributed by atoms with Gasteiger partial charge in [-0.1, -0.05) is 48.9 Å². The quantitative estimate of drug-likeness (QED) is 0.824. The summed E-state index contributed by atoms with van der Waals surface area (Å²) in [5.41, 5.74) is 1.75. The van der Waals surface area contributed by atoms with Gasteiger partial charge >= 0.3 is 0 Å². The lowest BCUT2D eigenvalue weighted by atomic mass is 9.87. The third kappa shape index (κ3) is 3.47. The summed E-state index contributed by atoms with van der Waals surface area (Å²) in [6.07, 6.45) is 4.07. The molecule has 2 atom stereocenters. The minimum absolute atomic E-state index is 0.219. The van der Waals surface area contributed by atoms with E-state index in [1.165, 1.54) is 35.6 Å². The van der Waals surface area contributed by atoms with E-state index in [1.807, 2.05) is 0 Å². The Balaban J connectivity index is 1.79. The van der Waals surface area contributed by atoms with Gasteiger partial charge in [0.2, 0.25) is 0 Å². The van der Waals surface area contributed by atoms with Crippen LogP contribution in [0.5, 0.6) is 0 Å². The van der Waals surface area contributed by atoms with Crippen molar-refractivity contribution in [2.24, 2.45) is 5.92 Å². The molecule has 1 nitrogen and oxygen atoms in total. The van der Waals surface area contributed by atoms with Gasteiger partial charge in [0.05, 0.1) is 0 Å². The normalized spacial score (nSPS) is 22.8. The van der Waals surface area contributed by atoms with Crippen molar-refractivity contribution in [3.05, 3.63) is 48.0 Å². The highest BCUT2D eigenvalue weighted by atomic mass is 14.9. The first-order chi connectivity index (χ1) is 10.0. The van der Waals surface area contributed by atoms with Crippen LogP contribution in [0.25, 0.3) is 10.8 Å². The molecule has 1 N–H and O–H groups in total. The largest absolute Gasteiger partial charge is 0.312 e. The third-order valence-electron chi connectivity index (χ3n) is 4.76. The van der Waals surface area contributed by atoms with Gasteiger partial charge in [-0.25, -0.2) is 0 Å². The van der Waals surface area contributed by atoms with Crippen molar-refractivity contribution in [2.75, 3.05) is 6.54 Å². The van der Waals surface area contributed by atoms with E-state index >= 15 is 0 Å². The van der Waals surface area contributed by atoms with Crippen LogP contribution in [0, 0.1) is 5.92 Å². The average Bonchev–Trinajstić information content (AvgIpc) is 2.92. The van der Waals surface area contributed by atoms with Crippen LogP contribution in [0.1, 0.15) is 51.5 Å². The van der Waals surface area contributed by atoms with Crippen LogP contribution in [0.2, 0.25) is 0 Å². The van der Waals surface area contributed by atoms with E-state index in [2.05, 4.69) is 68.6 Å². The van der Waals surface area contributed by atoms with E-state index in [0.717, 1.165) is 18.4 Å². The van der Waals surface area contributed by atoms with Gasteiger partial charge in [-0.15, -0.1) is 0 Å². The lowest BCUT2D eigenvalue weighted by Gasteiger charge is -2.27. The summed E-state index contributed by atoms with van der Waals surface area (Å²) in [5.74, 6) is 1.51. The Labute approximate surface area is 128 Å².